The minimum absolute atomic E-state index is 0.0823. The van der Waals surface area contributed by atoms with Gasteiger partial charge in [-0.3, -0.25) is 4.79 Å². The molecule has 0 radical (unpaired) electrons. The van der Waals surface area contributed by atoms with Gasteiger partial charge in [0, 0.05) is 37.2 Å². The van der Waals surface area contributed by atoms with Gasteiger partial charge in [-0.25, -0.2) is 8.42 Å². The predicted octanol–water partition coefficient (Wildman–Crippen LogP) is 3.12. The van der Waals surface area contributed by atoms with E-state index in [0.717, 1.165) is 16.8 Å². The van der Waals surface area contributed by atoms with E-state index < -0.39 is 10.0 Å². The van der Waals surface area contributed by atoms with Crippen LogP contribution in [-0.4, -0.2) is 38.3 Å². The smallest absolute Gasteiger partial charge is 0.243 e. The van der Waals surface area contributed by atoms with Crippen LogP contribution in [0.4, 0.5) is 5.69 Å². The van der Waals surface area contributed by atoms with Crippen molar-refractivity contribution < 1.29 is 13.2 Å². The van der Waals surface area contributed by atoms with Gasteiger partial charge in [0.1, 0.15) is 0 Å². The SMILES string of the molecule is Cc1ccc(S(=O)(=O)N2CCC3(CC(=O)N(c4ccccc4C)C3)C2)cc1. The Kier molecular flexibility index (Phi) is 4.35. The first-order chi connectivity index (χ1) is 12.8. The number of nitrogens with zero attached hydrogens (tertiary/aromatic N) is 2. The van der Waals surface area contributed by atoms with Crippen LogP contribution in [0.1, 0.15) is 24.0 Å². The molecule has 0 N–H and O–H groups in total. The van der Waals surface area contributed by atoms with Gasteiger partial charge in [-0.2, -0.15) is 4.31 Å². The van der Waals surface area contributed by atoms with Crippen molar-refractivity contribution in [1.29, 1.82) is 0 Å². The van der Waals surface area contributed by atoms with E-state index in [1.807, 2.05) is 55.1 Å². The van der Waals surface area contributed by atoms with Gasteiger partial charge < -0.3 is 4.90 Å². The van der Waals surface area contributed by atoms with Gasteiger partial charge in [0.25, 0.3) is 0 Å². The molecule has 1 spiro atoms. The summed E-state index contributed by atoms with van der Waals surface area (Å²) in [5, 5.41) is 0. The molecule has 27 heavy (non-hydrogen) atoms. The first kappa shape index (κ1) is 18.2. The Balaban J connectivity index is 1.56. The Labute approximate surface area is 160 Å². The van der Waals surface area contributed by atoms with Crippen LogP contribution in [0.3, 0.4) is 0 Å². The van der Waals surface area contributed by atoms with Gasteiger partial charge in [0.2, 0.25) is 15.9 Å². The summed E-state index contributed by atoms with van der Waals surface area (Å²) in [4.78, 5) is 14.9. The molecule has 2 aromatic carbocycles. The van der Waals surface area contributed by atoms with E-state index in [2.05, 4.69) is 0 Å². The highest BCUT2D eigenvalue weighted by Gasteiger charge is 2.50. The summed E-state index contributed by atoms with van der Waals surface area (Å²) in [5.41, 5.74) is 2.73. The molecule has 2 fully saturated rings. The lowest BCUT2D eigenvalue weighted by Crippen LogP contribution is -2.34. The average molecular weight is 385 g/mol. The molecule has 0 aliphatic carbocycles. The average Bonchev–Trinajstić information content (AvgIpc) is 3.19. The lowest BCUT2D eigenvalue weighted by atomic mass is 9.86. The Morgan fingerprint density at radius 3 is 2.37 bits per heavy atom. The number of aryl methyl sites for hydroxylation is 2. The molecular formula is C21H24N2O3S. The van der Waals surface area contributed by atoms with Crippen molar-refractivity contribution >= 4 is 21.6 Å². The van der Waals surface area contributed by atoms with E-state index >= 15 is 0 Å². The van der Waals surface area contributed by atoms with Gasteiger partial charge in [-0.15, -0.1) is 0 Å². The maximum atomic E-state index is 13.0. The molecule has 0 bridgehead atoms. The molecule has 2 saturated heterocycles. The standard InChI is InChI=1S/C21H24N2O3S/c1-16-7-9-18(10-8-16)27(25,26)22-12-11-21(14-22)13-20(24)23(15-21)19-6-4-3-5-17(19)2/h3-10H,11-15H2,1-2H3. The summed E-state index contributed by atoms with van der Waals surface area (Å²) >= 11 is 0. The zero-order chi connectivity index (χ0) is 19.2. The number of sulfonamides is 1. The zero-order valence-electron chi connectivity index (χ0n) is 15.7. The third kappa shape index (κ3) is 3.17. The fourth-order valence-corrected chi connectivity index (χ4v) is 5.77. The number of carbonyl (C=O) groups is 1. The van der Waals surface area contributed by atoms with Crippen molar-refractivity contribution in [2.75, 3.05) is 24.5 Å². The lowest BCUT2D eigenvalue weighted by molar-refractivity contribution is -0.117. The highest BCUT2D eigenvalue weighted by atomic mass is 32.2. The summed E-state index contributed by atoms with van der Waals surface area (Å²) in [7, 11) is -3.52. The first-order valence-electron chi connectivity index (χ1n) is 9.24. The molecule has 0 saturated carbocycles. The largest absolute Gasteiger partial charge is 0.312 e. The predicted molar refractivity (Wildman–Crippen MR) is 105 cm³/mol. The topological polar surface area (TPSA) is 57.7 Å². The molecule has 2 heterocycles. The maximum absolute atomic E-state index is 13.0. The van der Waals surface area contributed by atoms with E-state index in [9.17, 15) is 13.2 Å². The third-order valence-electron chi connectivity index (χ3n) is 5.79. The van der Waals surface area contributed by atoms with Crippen LogP contribution in [0.25, 0.3) is 0 Å². The van der Waals surface area contributed by atoms with Crippen molar-refractivity contribution in [2.45, 2.75) is 31.6 Å². The number of anilines is 1. The fraction of sp³-hybridized carbons (Fsp3) is 0.381. The number of amides is 1. The molecule has 2 aromatic rings. The third-order valence-corrected chi connectivity index (χ3v) is 7.65. The van der Waals surface area contributed by atoms with Crippen LogP contribution >= 0.6 is 0 Å². The number of hydrogen-bond acceptors (Lipinski definition) is 3. The normalized spacial score (nSPS) is 23.5. The highest BCUT2D eigenvalue weighted by Crippen LogP contribution is 2.43. The van der Waals surface area contributed by atoms with E-state index in [0.29, 0.717) is 37.4 Å². The molecule has 2 aliphatic rings. The molecule has 1 amide bonds. The lowest BCUT2D eigenvalue weighted by Gasteiger charge is -2.25. The first-order valence-corrected chi connectivity index (χ1v) is 10.7. The maximum Gasteiger partial charge on any atom is 0.243 e. The summed E-state index contributed by atoms with van der Waals surface area (Å²) in [6.45, 7) is 5.38. The number of carbonyl (C=O) groups excluding carboxylic acids is 1. The van der Waals surface area contributed by atoms with Crippen LogP contribution in [0.2, 0.25) is 0 Å². The second-order valence-electron chi connectivity index (χ2n) is 7.84. The van der Waals surface area contributed by atoms with Crippen molar-refractivity contribution in [3.63, 3.8) is 0 Å². The number of rotatable bonds is 3. The minimum Gasteiger partial charge on any atom is -0.312 e. The molecule has 2 aliphatic heterocycles. The number of hydrogen-bond donors (Lipinski definition) is 0. The van der Waals surface area contributed by atoms with Gasteiger partial charge in [0.05, 0.1) is 4.90 Å². The summed E-state index contributed by atoms with van der Waals surface area (Å²) in [5.74, 6) is 0.0823. The second kappa shape index (κ2) is 6.46. The van der Waals surface area contributed by atoms with Gasteiger partial charge >= 0.3 is 0 Å². The van der Waals surface area contributed by atoms with Crippen LogP contribution in [0.5, 0.6) is 0 Å². The summed E-state index contributed by atoms with van der Waals surface area (Å²) in [6.07, 6.45) is 1.12. The van der Waals surface area contributed by atoms with E-state index in [1.54, 1.807) is 16.4 Å². The molecule has 142 valence electrons. The summed E-state index contributed by atoms with van der Waals surface area (Å²) in [6, 6.07) is 14.8. The van der Waals surface area contributed by atoms with Gasteiger partial charge in [-0.1, -0.05) is 35.9 Å². The monoisotopic (exact) mass is 384 g/mol. The molecule has 1 atom stereocenters. The van der Waals surface area contributed by atoms with Crippen molar-refractivity contribution in [2.24, 2.45) is 5.41 Å². The molecule has 4 rings (SSSR count). The van der Waals surface area contributed by atoms with Crippen LogP contribution < -0.4 is 4.90 Å². The molecule has 5 nitrogen and oxygen atoms in total. The van der Waals surface area contributed by atoms with E-state index in [1.165, 1.54) is 0 Å². The highest BCUT2D eigenvalue weighted by molar-refractivity contribution is 7.89. The molecular weight excluding hydrogens is 360 g/mol. The van der Waals surface area contributed by atoms with Gasteiger partial charge in [-0.05, 0) is 44.0 Å². The number of benzene rings is 2. The molecule has 1 unspecified atom stereocenters. The van der Waals surface area contributed by atoms with Crippen molar-refractivity contribution in [1.82, 2.24) is 4.31 Å². The van der Waals surface area contributed by atoms with Gasteiger partial charge in [0.15, 0.2) is 0 Å². The van der Waals surface area contributed by atoms with Crippen LogP contribution in [-0.2, 0) is 14.8 Å². The Morgan fingerprint density at radius 1 is 0.963 bits per heavy atom. The minimum atomic E-state index is -3.52. The molecule has 0 aromatic heterocycles. The quantitative estimate of drug-likeness (QED) is 0.817. The zero-order valence-corrected chi connectivity index (χ0v) is 16.5. The van der Waals surface area contributed by atoms with Crippen LogP contribution in [0.15, 0.2) is 53.4 Å². The van der Waals surface area contributed by atoms with E-state index in [-0.39, 0.29) is 11.3 Å². The summed E-state index contributed by atoms with van der Waals surface area (Å²) < 4.78 is 27.5. The second-order valence-corrected chi connectivity index (χ2v) is 9.78. The Hall–Kier alpha value is -2.18. The van der Waals surface area contributed by atoms with Crippen LogP contribution in [0, 0.1) is 19.3 Å². The van der Waals surface area contributed by atoms with Crippen molar-refractivity contribution in [3.8, 4) is 0 Å². The molecule has 6 heteroatoms. The number of para-hydroxylation sites is 1. The van der Waals surface area contributed by atoms with Crippen molar-refractivity contribution in [3.05, 3.63) is 59.7 Å². The Morgan fingerprint density at radius 2 is 1.67 bits per heavy atom. The Bertz CT molecular complexity index is 985. The van der Waals surface area contributed by atoms with E-state index in [4.69, 9.17) is 0 Å². The fourth-order valence-electron chi connectivity index (χ4n) is 4.21.